The maximum Gasteiger partial charge on any atom is 0.221 e. The standard InChI is InChI=1S/C21H18FN5O/c1-13-11-20(26-18-9-7-17(8-10-18)25-14(2)28)27-21(24-13)19(12-23-27)15-3-5-16(22)6-4-15/h3-12,26H,1-2H3,(H,25,28). The van der Waals surface area contributed by atoms with Gasteiger partial charge in [0, 0.05) is 35.6 Å². The summed E-state index contributed by atoms with van der Waals surface area (Å²) in [6, 6.07) is 15.6. The maximum absolute atomic E-state index is 13.2. The Bertz CT molecular complexity index is 1150. The van der Waals surface area contributed by atoms with Crippen LogP contribution in [-0.2, 0) is 4.79 Å². The van der Waals surface area contributed by atoms with Gasteiger partial charge >= 0.3 is 0 Å². The van der Waals surface area contributed by atoms with Gasteiger partial charge in [-0.25, -0.2) is 9.37 Å². The second-order valence-corrected chi connectivity index (χ2v) is 6.47. The van der Waals surface area contributed by atoms with Gasteiger partial charge in [0.2, 0.25) is 5.91 Å². The summed E-state index contributed by atoms with van der Waals surface area (Å²) in [5.41, 5.74) is 4.76. The number of aromatic nitrogens is 3. The zero-order valence-corrected chi connectivity index (χ0v) is 15.4. The van der Waals surface area contributed by atoms with Crippen molar-refractivity contribution in [3.8, 4) is 11.1 Å². The molecule has 0 aliphatic carbocycles. The van der Waals surface area contributed by atoms with Crippen molar-refractivity contribution in [3.63, 3.8) is 0 Å². The molecule has 0 spiro atoms. The Morgan fingerprint density at radius 2 is 1.71 bits per heavy atom. The molecule has 2 N–H and O–H groups in total. The van der Waals surface area contributed by atoms with E-state index in [-0.39, 0.29) is 11.7 Å². The quantitative estimate of drug-likeness (QED) is 0.549. The lowest BCUT2D eigenvalue weighted by molar-refractivity contribution is -0.114. The minimum Gasteiger partial charge on any atom is -0.340 e. The first-order chi connectivity index (χ1) is 13.5. The zero-order chi connectivity index (χ0) is 19.7. The third-order valence-electron chi connectivity index (χ3n) is 4.23. The van der Waals surface area contributed by atoms with Crippen molar-refractivity contribution >= 4 is 28.7 Å². The maximum atomic E-state index is 13.2. The monoisotopic (exact) mass is 375 g/mol. The third kappa shape index (κ3) is 3.55. The van der Waals surface area contributed by atoms with Crippen molar-refractivity contribution in [2.45, 2.75) is 13.8 Å². The molecule has 2 aromatic heterocycles. The van der Waals surface area contributed by atoms with Crippen LogP contribution in [0.15, 0.2) is 60.8 Å². The van der Waals surface area contributed by atoms with E-state index in [0.29, 0.717) is 5.65 Å². The van der Waals surface area contributed by atoms with E-state index in [1.165, 1.54) is 19.1 Å². The molecule has 0 saturated carbocycles. The number of benzene rings is 2. The molecule has 0 bridgehead atoms. The van der Waals surface area contributed by atoms with Gasteiger partial charge in [0.15, 0.2) is 5.65 Å². The van der Waals surface area contributed by atoms with Crippen molar-refractivity contribution in [3.05, 3.63) is 72.3 Å². The number of anilines is 3. The van der Waals surface area contributed by atoms with Crippen LogP contribution in [0.25, 0.3) is 16.8 Å². The first-order valence-electron chi connectivity index (χ1n) is 8.75. The Kier molecular flexibility index (Phi) is 4.49. The predicted octanol–water partition coefficient (Wildman–Crippen LogP) is 4.55. The average Bonchev–Trinajstić information content (AvgIpc) is 3.07. The number of nitrogens with zero attached hydrogens (tertiary/aromatic N) is 3. The minimum absolute atomic E-state index is 0.114. The summed E-state index contributed by atoms with van der Waals surface area (Å²) >= 11 is 0. The van der Waals surface area contributed by atoms with Gasteiger partial charge in [-0.2, -0.15) is 9.61 Å². The molecule has 7 heteroatoms. The topological polar surface area (TPSA) is 71.3 Å². The SMILES string of the molecule is CC(=O)Nc1ccc(Nc2cc(C)nc3c(-c4ccc(F)cc4)cnn23)cc1. The molecule has 2 heterocycles. The van der Waals surface area contributed by atoms with Crippen molar-refractivity contribution in [1.29, 1.82) is 0 Å². The Balaban J connectivity index is 1.70. The summed E-state index contributed by atoms with van der Waals surface area (Å²) in [4.78, 5) is 15.7. The first-order valence-corrected chi connectivity index (χ1v) is 8.75. The average molecular weight is 375 g/mol. The highest BCUT2D eigenvalue weighted by molar-refractivity contribution is 5.88. The second-order valence-electron chi connectivity index (χ2n) is 6.47. The molecule has 0 atom stereocenters. The van der Waals surface area contributed by atoms with Gasteiger partial charge in [-0.15, -0.1) is 0 Å². The number of carbonyl (C=O) groups is 1. The van der Waals surface area contributed by atoms with Crippen molar-refractivity contribution in [1.82, 2.24) is 14.6 Å². The molecule has 4 rings (SSSR count). The van der Waals surface area contributed by atoms with Crippen molar-refractivity contribution in [2.24, 2.45) is 0 Å². The highest BCUT2D eigenvalue weighted by Crippen LogP contribution is 2.27. The number of carbonyl (C=O) groups excluding carboxylic acids is 1. The predicted molar refractivity (Wildman–Crippen MR) is 107 cm³/mol. The number of fused-ring (bicyclic) bond motifs is 1. The summed E-state index contributed by atoms with van der Waals surface area (Å²) in [5.74, 6) is 0.356. The Labute approximate surface area is 161 Å². The van der Waals surface area contributed by atoms with Crippen LogP contribution in [0.5, 0.6) is 0 Å². The molecule has 0 fully saturated rings. The van der Waals surface area contributed by atoms with Crippen molar-refractivity contribution < 1.29 is 9.18 Å². The molecule has 4 aromatic rings. The molecule has 0 radical (unpaired) electrons. The number of aryl methyl sites for hydroxylation is 1. The number of rotatable bonds is 4. The van der Waals surface area contributed by atoms with E-state index in [1.54, 1.807) is 22.8 Å². The summed E-state index contributed by atoms with van der Waals surface area (Å²) in [6.07, 6.45) is 1.72. The van der Waals surface area contributed by atoms with E-state index < -0.39 is 0 Å². The fourth-order valence-electron chi connectivity index (χ4n) is 2.99. The van der Waals surface area contributed by atoms with Crippen LogP contribution >= 0.6 is 0 Å². The molecule has 6 nitrogen and oxygen atoms in total. The van der Waals surface area contributed by atoms with Crippen molar-refractivity contribution in [2.75, 3.05) is 10.6 Å². The van der Waals surface area contributed by atoms with Gasteiger partial charge in [-0.05, 0) is 48.9 Å². The second kappa shape index (κ2) is 7.11. The highest BCUT2D eigenvalue weighted by atomic mass is 19.1. The molecular weight excluding hydrogens is 357 g/mol. The summed E-state index contributed by atoms with van der Waals surface area (Å²) in [6.45, 7) is 3.38. The Morgan fingerprint density at radius 3 is 2.39 bits per heavy atom. The van der Waals surface area contributed by atoms with Gasteiger partial charge in [-0.3, -0.25) is 4.79 Å². The molecular formula is C21H18FN5O. The Morgan fingerprint density at radius 1 is 1.04 bits per heavy atom. The van der Waals surface area contributed by atoms with Crippen LogP contribution in [0.3, 0.4) is 0 Å². The van der Waals surface area contributed by atoms with Gasteiger partial charge in [-0.1, -0.05) is 12.1 Å². The summed E-state index contributed by atoms with van der Waals surface area (Å²) in [7, 11) is 0. The smallest absolute Gasteiger partial charge is 0.221 e. The number of nitrogens with one attached hydrogen (secondary N) is 2. The van der Waals surface area contributed by atoms with Gasteiger partial charge in [0.1, 0.15) is 11.6 Å². The Hall–Kier alpha value is -3.74. The van der Waals surface area contributed by atoms with E-state index in [2.05, 4.69) is 20.7 Å². The van der Waals surface area contributed by atoms with Crippen LogP contribution < -0.4 is 10.6 Å². The molecule has 0 saturated heterocycles. The molecule has 0 unspecified atom stereocenters. The molecule has 1 amide bonds. The zero-order valence-electron chi connectivity index (χ0n) is 15.4. The molecule has 140 valence electrons. The van der Waals surface area contributed by atoms with Crippen LogP contribution in [0, 0.1) is 12.7 Å². The fourth-order valence-corrected chi connectivity index (χ4v) is 2.99. The molecule has 28 heavy (non-hydrogen) atoms. The van der Waals surface area contributed by atoms with Crippen LogP contribution in [0.2, 0.25) is 0 Å². The van der Waals surface area contributed by atoms with Gasteiger partial charge in [0.25, 0.3) is 0 Å². The van der Waals surface area contributed by atoms with E-state index in [4.69, 9.17) is 0 Å². The van der Waals surface area contributed by atoms with Crippen LogP contribution in [0.1, 0.15) is 12.6 Å². The lowest BCUT2D eigenvalue weighted by Gasteiger charge is -2.11. The van der Waals surface area contributed by atoms with E-state index >= 15 is 0 Å². The number of amides is 1. The fraction of sp³-hybridized carbons (Fsp3) is 0.0952. The molecule has 0 aliphatic heterocycles. The third-order valence-corrected chi connectivity index (χ3v) is 4.23. The van der Waals surface area contributed by atoms with E-state index in [0.717, 1.165) is 34.0 Å². The van der Waals surface area contributed by atoms with Gasteiger partial charge in [0.05, 0.1) is 6.20 Å². The van der Waals surface area contributed by atoms with Crippen LogP contribution in [-0.4, -0.2) is 20.5 Å². The highest BCUT2D eigenvalue weighted by Gasteiger charge is 2.12. The van der Waals surface area contributed by atoms with Crippen LogP contribution in [0.4, 0.5) is 21.6 Å². The van der Waals surface area contributed by atoms with Gasteiger partial charge < -0.3 is 10.6 Å². The normalized spacial score (nSPS) is 10.8. The summed E-state index contributed by atoms with van der Waals surface area (Å²) in [5, 5.41) is 10.5. The number of halogens is 1. The number of hydrogen-bond donors (Lipinski definition) is 2. The summed E-state index contributed by atoms with van der Waals surface area (Å²) < 4.78 is 15.0. The lowest BCUT2D eigenvalue weighted by Crippen LogP contribution is -2.06. The lowest BCUT2D eigenvalue weighted by atomic mass is 10.1. The minimum atomic E-state index is -0.283. The first kappa shape index (κ1) is 17.7. The molecule has 2 aromatic carbocycles. The molecule has 0 aliphatic rings. The number of hydrogen-bond acceptors (Lipinski definition) is 4. The van der Waals surface area contributed by atoms with E-state index in [9.17, 15) is 9.18 Å². The largest absolute Gasteiger partial charge is 0.340 e. The van der Waals surface area contributed by atoms with E-state index in [1.807, 2.05) is 37.3 Å².